The van der Waals surface area contributed by atoms with Gasteiger partial charge < -0.3 is 10.6 Å². The zero-order valence-electron chi connectivity index (χ0n) is 11.7. The fraction of sp³-hybridized carbons (Fsp3) is 0.500. The first-order chi connectivity index (χ1) is 8.69. The largest absolute Gasteiger partial charge is 0.348 e. The average molecular weight is 303 g/mol. The predicted octanol–water partition coefficient (Wildman–Crippen LogP) is 3.56. The van der Waals surface area contributed by atoms with Crippen LogP contribution < -0.4 is 10.6 Å². The van der Waals surface area contributed by atoms with E-state index in [2.05, 4.69) is 10.6 Å². The van der Waals surface area contributed by atoms with Gasteiger partial charge in [0.25, 0.3) is 0 Å². The fourth-order valence-electron chi connectivity index (χ4n) is 1.57. The molecule has 2 N–H and O–H groups in total. The monoisotopic (exact) mass is 302 g/mol. The van der Waals surface area contributed by atoms with E-state index in [1.807, 2.05) is 33.8 Å². The molecule has 0 radical (unpaired) electrons. The van der Waals surface area contributed by atoms with E-state index < -0.39 is 0 Å². The summed E-state index contributed by atoms with van der Waals surface area (Å²) in [6, 6.07) is 5.11. The van der Waals surface area contributed by atoms with E-state index in [-0.39, 0.29) is 24.0 Å². The molecule has 0 unspecified atom stereocenters. The minimum Gasteiger partial charge on any atom is -0.348 e. The van der Waals surface area contributed by atoms with Gasteiger partial charge in [-0.1, -0.05) is 29.3 Å². The minimum absolute atomic E-state index is 0.0616. The van der Waals surface area contributed by atoms with E-state index in [9.17, 15) is 4.79 Å². The smallest absolute Gasteiger partial charge is 0.234 e. The molecular weight excluding hydrogens is 283 g/mol. The molecule has 0 aliphatic carbocycles. The van der Waals surface area contributed by atoms with Gasteiger partial charge in [-0.15, -0.1) is 0 Å². The highest BCUT2D eigenvalue weighted by Gasteiger charge is 2.15. The lowest BCUT2D eigenvalue weighted by atomic mass is 10.1. The second kappa shape index (κ2) is 6.60. The number of nitrogens with one attached hydrogen (secondary N) is 2. The van der Waals surface area contributed by atoms with Crippen LogP contribution in [0.25, 0.3) is 0 Å². The van der Waals surface area contributed by atoms with Crippen LogP contribution in [-0.2, 0) is 4.79 Å². The molecule has 1 aromatic rings. The summed E-state index contributed by atoms with van der Waals surface area (Å²) in [4.78, 5) is 11.8. The van der Waals surface area contributed by atoms with Crippen LogP contribution in [0.3, 0.4) is 0 Å². The van der Waals surface area contributed by atoms with E-state index in [1.165, 1.54) is 0 Å². The number of hydrogen-bond donors (Lipinski definition) is 2. The summed E-state index contributed by atoms with van der Waals surface area (Å²) < 4.78 is 0. The quantitative estimate of drug-likeness (QED) is 0.893. The first-order valence-electron chi connectivity index (χ1n) is 6.18. The third-order valence-electron chi connectivity index (χ3n) is 2.59. The van der Waals surface area contributed by atoms with Gasteiger partial charge in [0.2, 0.25) is 5.91 Å². The van der Waals surface area contributed by atoms with Gasteiger partial charge in [0.15, 0.2) is 0 Å². The van der Waals surface area contributed by atoms with Gasteiger partial charge >= 0.3 is 0 Å². The van der Waals surface area contributed by atoms with Gasteiger partial charge in [0.05, 0.1) is 12.6 Å². The Morgan fingerprint density at radius 3 is 2.47 bits per heavy atom. The van der Waals surface area contributed by atoms with Gasteiger partial charge in [0.1, 0.15) is 0 Å². The van der Waals surface area contributed by atoms with E-state index in [1.54, 1.807) is 12.1 Å². The van der Waals surface area contributed by atoms with Gasteiger partial charge in [0, 0.05) is 15.6 Å². The molecule has 0 aliphatic rings. The van der Waals surface area contributed by atoms with Crippen molar-refractivity contribution in [1.82, 2.24) is 10.6 Å². The Morgan fingerprint density at radius 1 is 1.32 bits per heavy atom. The molecule has 5 heteroatoms. The lowest BCUT2D eigenvalue weighted by Crippen LogP contribution is -2.43. The summed E-state index contributed by atoms with van der Waals surface area (Å²) in [6.45, 7) is 8.21. The van der Waals surface area contributed by atoms with Crippen LogP contribution in [0, 0.1) is 0 Å². The zero-order chi connectivity index (χ0) is 14.6. The molecule has 1 aromatic carbocycles. The van der Waals surface area contributed by atoms with Gasteiger partial charge in [-0.3, -0.25) is 4.79 Å². The van der Waals surface area contributed by atoms with Crippen LogP contribution in [0.1, 0.15) is 39.3 Å². The highest BCUT2D eigenvalue weighted by Crippen LogP contribution is 2.25. The molecule has 3 nitrogen and oxygen atoms in total. The Morgan fingerprint density at radius 2 is 1.95 bits per heavy atom. The van der Waals surface area contributed by atoms with Crippen molar-refractivity contribution < 1.29 is 4.79 Å². The summed E-state index contributed by atoms with van der Waals surface area (Å²) in [5.41, 5.74) is 0.772. The van der Waals surface area contributed by atoms with E-state index >= 15 is 0 Å². The van der Waals surface area contributed by atoms with Crippen molar-refractivity contribution in [2.45, 2.75) is 39.3 Å². The van der Waals surface area contributed by atoms with E-state index in [0.717, 1.165) is 5.56 Å². The third-order valence-corrected chi connectivity index (χ3v) is 3.15. The molecule has 0 bridgehead atoms. The minimum atomic E-state index is -0.154. The Hall–Kier alpha value is -0.770. The average Bonchev–Trinajstić information content (AvgIpc) is 2.25. The van der Waals surface area contributed by atoms with Crippen molar-refractivity contribution in [3.05, 3.63) is 33.8 Å². The third kappa shape index (κ3) is 5.81. The zero-order valence-corrected chi connectivity index (χ0v) is 13.2. The van der Waals surface area contributed by atoms with Crippen LogP contribution in [0.2, 0.25) is 10.0 Å². The molecule has 0 spiro atoms. The SMILES string of the molecule is C[C@H](NC(=O)CNC(C)(C)C)c1ccc(Cl)cc1Cl. The highest BCUT2D eigenvalue weighted by atomic mass is 35.5. The summed E-state index contributed by atoms with van der Waals surface area (Å²) >= 11 is 12.0. The Kier molecular flexibility index (Phi) is 5.65. The number of carbonyl (C=O) groups excluding carboxylic acids is 1. The van der Waals surface area contributed by atoms with Crippen molar-refractivity contribution in [2.24, 2.45) is 0 Å². The Bertz CT molecular complexity index is 455. The van der Waals surface area contributed by atoms with Crippen molar-refractivity contribution in [3.8, 4) is 0 Å². The van der Waals surface area contributed by atoms with Crippen LogP contribution in [-0.4, -0.2) is 18.0 Å². The molecule has 1 amide bonds. The molecule has 19 heavy (non-hydrogen) atoms. The Labute approximate surface area is 124 Å². The summed E-state index contributed by atoms with van der Waals surface area (Å²) in [6.07, 6.45) is 0. The second-order valence-corrected chi connectivity index (χ2v) is 6.40. The van der Waals surface area contributed by atoms with Crippen molar-refractivity contribution in [2.75, 3.05) is 6.54 Å². The van der Waals surface area contributed by atoms with Crippen LogP contribution in [0.4, 0.5) is 0 Å². The molecule has 0 saturated carbocycles. The number of rotatable bonds is 4. The summed E-state index contributed by atoms with van der Waals surface area (Å²) in [5, 5.41) is 7.18. The van der Waals surface area contributed by atoms with E-state index in [0.29, 0.717) is 10.0 Å². The normalized spacial score (nSPS) is 13.2. The van der Waals surface area contributed by atoms with E-state index in [4.69, 9.17) is 23.2 Å². The fourth-order valence-corrected chi connectivity index (χ4v) is 2.14. The number of carbonyl (C=O) groups is 1. The number of hydrogen-bond acceptors (Lipinski definition) is 2. The summed E-state index contributed by atoms with van der Waals surface area (Å²) in [7, 11) is 0. The maximum absolute atomic E-state index is 11.8. The van der Waals surface area contributed by atoms with Gasteiger partial charge in [-0.2, -0.15) is 0 Å². The molecule has 0 fully saturated rings. The lowest BCUT2D eigenvalue weighted by Gasteiger charge is -2.21. The van der Waals surface area contributed by atoms with Crippen molar-refractivity contribution in [1.29, 1.82) is 0 Å². The van der Waals surface area contributed by atoms with Gasteiger partial charge in [-0.05, 0) is 45.4 Å². The molecule has 106 valence electrons. The van der Waals surface area contributed by atoms with Crippen molar-refractivity contribution in [3.63, 3.8) is 0 Å². The summed E-state index contributed by atoms with van der Waals surface area (Å²) in [5.74, 6) is -0.0616. The second-order valence-electron chi connectivity index (χ2n) is 5.56. The van der Waals surface area contributed by atoms with Crippen LogP contribution in [0.15, 0.2) is 18.2 Å². The topological polar surface area (TPSA) is 41.1 Å². The molecule has 1 atom stereocenters. The lowest BCUT2D eigenvalue weighted by molar-refractivity contribution is -0.121. The highest BCUT2D eigenvalue weighted by molar-refractivity contribution is 6.35. The number of amides is 1. The van der Waals surface area contributed by atoms with Gasteiger partial charge in [-0.25, -0.2) is 0 Å². The maximum atomic E-state index is 11.8. The first-order valence-corrected chi connectivity index (χ1v) is 6.94. The molecule has 0 heterocycles. The Balaban J connectivity index is 2.59. The number of benzene rings is 1. The standard InChI is InChI=1S/C14H20Cl2N2O/c1-9(11-6-5-10(15)7-12(11)16)18-13(19)8-17-14(2,3)4/h5-7,9,17H,8H2,1-4H3,(H,18,19)/t9-/m0/s1. The van der Waals surface area contributed by atoms with Crippen molar-refractivity contribution >= 4 is 29.1 Å². The molecule has 0 aliphatic heterocycles. The number of halogens is 2. The molecular formula is C14H20Cl2N2O. The molecule has 0 saturated heterocycles. The molecule has 0 aromatic heterocycles. The maximum Gasteiger partial charge on any atom is 0.234 e. The predicted molar refractivity (Wildman–Crippen MR) is 80.8 cm³/mol. The van der Waals surface area contributed by atoms with Crippen LogP contribution >= 0.6 is 23.2 Å². The first kappa shape index (κ1) is 16.3. The van der Waals surface area contributed by atoms with Crippen LogP contribution in [0.5, 0.6) is 0 Å². The molecule has 1 rings (SSSR count).